The Balaban J connectivity index is 1.52. The highest BCUT2D eigenvalue weighted by Crippen LogP contribution is 2.44. The third kappa shape index (κ3) is 3.05. The second-order valence-electron chi connectivity index (χ2n) is 7.03. The van der Waals surface area contributed by atoms with Crippen LogP contribution in [0.15, 0.2) is 4.42 Å². The van der Waals surface area contributed by atoms with E-state index in [4.69, 9.17) is 4.42 Å². The second kappa shape index (κ2) is 5.84. The van der Waals surface area contributed by atoms with E-state index in [1.165, 1.54) is 58.0 Å². The number of rotatable bonds is 3. The lowest BCUT2D eigenvalue weighted by Gasteiger charge is -2.44. The summed E-state index contributed by atoms with van der Waals surface area (Å²) in [4.78, 5) is 2.48. The van der Waals surface area contributed by atoms with Gasteiger partial charge in [-0.15, -0.1) is 10.2 Å². The fourth-order valence-electron chi connectivity index (χ4n) is 3.74. The highest BCUT2D eigenvalue weighted by atomic mass is 16.4. The summed E-state index contributed by atoms with van der Waals surface area (Å²) >= 11 is 0. The van der Waals surface area contributed by atoms with E-state index in [1.807, 2.05) is 0 Å². The first-order chi connectivity index (χ1) is 9.67. The molecule has 1 saturated carbocycles. The third-order valence-corrected chi connectivity index (χ3v) is 5.17. The van der Waals surface area contributed by atoms with Gasteiger partial charge in [-0.1, -0.05) is 33.1 Å². The largest absolute Gasteiger partial charge is 0.424 e. The van der Waals surface area contributed by atoms with Crippen LogP contribution in [0.5, 0.6) is 0 Å². The summed E-state index contributed by atoms with van der Waals surface area (Å²) in [6.45, 7) is 7.39. The van der Waals surface area contributed by atoms with E-state index in [1.54, 1.807) is 0 Å². The van der Waals surface area contributed by atoms with Gasteiger partial charge in [0.2, 0.25) is 11.8 Å². The molecule has 0 unspecified atom stereocenters. The van der Waals surface area contributed by atoms with Crippen molar-refractivity contribution in [2.75, 3.05) is 13.1 Å². The molecule has 1 saturated heterocycles. The minimum Gasteiger partial charge on any atom is -0.424 e. The van der Waals surface area contributed by atoms with E-state index in [2.05, 4.69) is 28.9 Å². The summed E-state index contributed by atoms with van der Waals surface area (Å²) in [6, 6.07) is 0. The van der Waals surface area contributed by atoms with Gasteiger partial charge in [0.05, 0.1) is 6.54 Å². The van der Waals surface area contributed by atoms with E-state index in [0.717, 1.165) is 18.3 Å². The molecule has 1 aromatic rings. The molecule has 0 amide bonds. The van der Waals surface area contributed by atoms with E-state index in [0.29, 0.717) is 11.3 Å². The molecule has 0 aromatic carbocycles. The average molecular weight is 277 g/mol. The Morgan fingerprint density at radius 1 is 1.05 bits per heavy atom. The average Bonchev–Trinajstić information content (AvgIpc) is 2.92. The molecule has 1 aromatic heterocycles. The molecule has 3 rings (SSSR count). The monoisotopic (exact) mass is 277 g/mol. The number of nitrogens with zero attached hydrogens (tertiary/aromatic N) is 3. The maximum absolute atomic E-state index is 5.72. The first kappa shape index (κ1) is 14.1. The van der Waals surface area contributed by atoms with Crippen LogP contribution in [0.25, 0.3) is 0 Å². The number of aromatic nitrogens is 2. The molecule has 112 valence electrons. The molecule has 1 aliphatic carbocycles. The lowest BCUT2D eigenvalue weighted by molar-refractivity contribution is 0.0597. The van der Waals surface area contributed by atoms with E-state index in [9.17, 15) is 0 Å². The Labute approximate surface area is 121 Å². The van der Waals surface area contributed by atoms with Crippen LogP contribution in [0.4, 0.5) is 0 Å². The van der Waals surface area contributed by atoms with Gasteiger partial charge in [0.25, 0.3) is 0 Å². The van der Waals surface area contributed by atoms with Gasteiger partial charge in [0.15, 0.2) is 0 Å². The molecule has 4 heteroatoms. The number of hydrogen-bond donors (Lipinski definition) is 0. The molecule has 2 heterocycles. The molecule has 2 aliphatic rings. The molecule has 0 N–H and O–H groups in total. The Hall–Kier alpha value is -0.900. The van der Waals surface area contributed by atoms with Gasteiger partial charge >= 0.3 is 0 Å². The highest BCUT2D eigenvalue weighted by Gasteiger charge is 2.35. The Bertz CT molecular complexity index is 425. The number of piperidine rings is 1. The topological polar surface area (TPSA) is 42.2 Å². The fraction of sp³-hybridized carbons (Fsp3) is 0.875. The summed E-state index contributed by atoms with van der Waals surface area (Å²) in [6.07, 6.45) is 9.97. The minimum absolute atomic E-state index is 0.322. The van der Waals surface area contributed by atoms with Gasteiger partial charge in [-0.05, 0) is 44.2 Å². The van der Waals surface area contributed by atoms with Crippen molar-refractivity contribution in [3.8, 4) is 0 Å². The van der Waals surface area contributed by atoms with Crippen molar-refractivity contribution in [1.29, 1.82) is 0 Å². The molecule has 1 aliphatic heterocycles. The highest BCUT2D eigenvalue weighted by molar-refractivity contribution is 4.91. The van der Waals surface area contributed by atoms with Crippen molar-refractivity contribution >= 4 is 0 Å². The molecular weight excluding hydrogens is 250 g/mol. The van der Waals surface area contributed by atoms with Crippen molar-refractivity contribution in [1.82, 2.24) is 15.1 Å². The standard InChI is InChI=1S/C16H27N3O/c1-13(2)15-18-17-14(20-15)12-19-10-8-16(9-11-19)6-4-3-5-7-16/h13H,3-12H2,1-2H3. The van der Waals surface area contributed by atoms with Crippen LogP contribution in [0, 0.1) is 5.41 Å². The maximum atomic E-state index is 5.72. The normalized spacial score (nSPS) is 23.6. The van der Waals surface area contributed by atoms with Crippen LogP contribution in [0.2, 0.25) is 0 Å². The summed E-state index contributed by atoms with van der Waals surface area (Å²) in [5.41, 5.74) is 0.673. The zero-order chi connectivity index (χ0) is 14.0. The van der Waals surface area contributed by atoms with Gasteiger partial charge in [-0.25, -0.2) is 0 Å². The van der Waals surface area contributed by atoms with Crippen LogP contribution in [0.3, 0.4) is 0 Å². The molecule has 0 bridgehead atoms. The molecule has 2 fully saturated rings. The van der Waals surface area contributed by atoms with Gasteiger partial charge in [-0.2, -0.15) is 0 Å². The predicted octanol–water partition coefficient (Wildman–Crippen LogP) is 3.74. The molecular formula is C16H27N3O. The Kier molecular flexibility index (Phi) is 4.11. The predicted molar refractivity (Wildman–Crippen MR) is 78.4 cm³/mol. The van der Waals surface area contributed by atoms with E-state index >= 15 is 0 Å². The fourth-order valence-corrected chi connectivity index (χ4v) is 3.74. The van der Waals surface area contributed by atoms with Crippen LogP contribution in [0.1, 0.15) is 76.5 Å². The van der Waals surface area contributed by atoms with Crippen molar-refractivity contribution < 1.29 is 4.42 Å². The van der Waals surface area contributed by atoms with Crippen LogP contribution in [-0.4, -0.2) is 28.2 Å². The molecule has 20 heavy (non-hydrogen) atoms. The maximum Gasteiger partial charge on any atom is 0.230 e. The van der Waals surface area contributed by atoms with Crippen molar-refractivity contribution in [2.24, 2.45) is 5.41 Å². The summed E-state index contributed by atoms with van der Waals surface area (Å²) in [5, 5.41) is 8.30. The zero-order valence-corrected chi connectivity index (χ0v) is 12.9. The lowest BCUT2D eigenvalue weighted by Crippen LogP contribution is -2.40. The van der Waals surface area contributed by atoms with Crippen molar-refractivity contribution in [3.05, 3.63) is 11.8 Å². The number of hydrogen-bond acceptors (Lipinski definition) is 4. The lowest BCUT2D eigenvalue weighted by atomic mass is 9.68. The first-order valence-electron chi connectivity index (χ1n) is 8.22. The van der Waals surface area contributed by atoms with Crippen molar-refractivity contribution in [3.63, 3.8) is 0 Å². The Morgan fingerprint density at radius 3 is 2.35 bits per heavy atom. The first-order valence-corrected chi connectivity index (χ1v) is 8.22. The molecule has 1 spiro atoms. The van der Waals surface area contributed by atoms with Crippen molar-refractivity contribution in [2.45, 2.75) is 71.3 Å². The Morgan fingerprint density at radius 2 is 1.75 bits per heavy atom. The van der Waals surface area contributed by atoms with Crippen LogP contribution in [-0.2, 0) is 6.54 Å². The van der Waals surface area contributed by atoms with Gasteiger partial charge in [0, 0.05) is 5.92 Å². The third-order valence-electron chi connectivity index (χ3n) is 5.17. The van der Waals surface area contributed by atoms with Gasteiger partial charge in [-0.3, -0.25) is 4.90 Å². The van der Waals surface area contributed by atoms with E-state index < -0.39 is 0 Å². The van der Waals surface area contributed by atoms with Gasteiger partial charge < -0.3 is 4.42 Å². The second-order valence-corrected chi connectivity index (χ2v) is 7.03. The minimum atomic E-state index is 0.322. The molecule has 0 radical (unpaired) electrons. The summed E-state index contributed by atoms with van der Waals surface area (Å²) in [7, 11) is 0. The quantitative estimate of drug-likeness (QED) is 0.844. The van der Waals surface area contributed by atoms with Crippen LogP contribution >= 0.6 is 0 Å². The zero-order valence-electron chi connectivity index (χ0n) is 12.9. The molecule has 4 nitrogen and oxygen atoms in total. The summed E-state index contributed by atoms with van der Waals surface area (Å²) in [5.74, 6) is 1.87. The van der Waals surface area contributed by atoms with E-state index in [-0.39, 0.29) is 0 Å². The number of likely N-dealkylation sites (tertiary alicyclic amines) is 1. The SMILES string of the molecule is CC(C)c1nnc(CN2CCC3(CCCCC3)CC2)o1. The van der Waals surface area contributed by atoms with Gasteiger partial charge in [0.1, 0.15) is 0 Å². The molecule has 0 atom stereocenters. The smallest absolute Gasteiger partial charge is 0.230 e. The van der Waals surface area contributed by atoms with Crippen LogP contribution < -0.4 is 0 Å². The summed E-state index contributed by atoms with van der Waals surface area (Å²) < 4.78 is 5.72.